The van der Waals surface area contributed by atoms with Crippen LogP contribution in [0.25, 0.3) is 110 Å². The molecule has 0 fully saturated rings. The molecule has 0 radical (unpaired) electrons. The lowest BCUT2D eigenvalue weighted by Crippen LogP contribution is -1.96. The first-order valence-corrected chi connectivity index (χ1v) is 19.7. The molecule has 12 aromatic rings. The lowest BCUT2D eigenvalue weighted by Gasteiger charge is -2.12. The second-order valence-electron chi connectivity index (χ2n) is 15.0. The Kier molecular flexibility index (Phi) is 7.20. The molecule has 3 heterocycles. The van der Waals surface area contributed by atoms with Crippen LogP contribution < -0.4 is 0 Å². The van der Waals surface area contributed by atoms with E-state index in [-0.39, 0.29) is 0 Å². The fraction of sp³-hybridized carbons (Fsp3) is 0. The number of fused-ring (bicyclic) bond motifs is 9. The summed E-state index contributed by atoms with van der Waals surface area (Å²) in [4.78, 5) is 10.4. The zero-order chi connectivity index (χ0) is 38.2. The standard InChI is InChI=1S/C54H34N4/c1-4-15-37(16-5-1)52-53(38-17-6-2-7-18-38)56-48-32-39(27-31-47(48)55-52)35-24-28-41(29-25-35)57-49-23-13-12-22-43(49)45-33-46-44-30-26-36-14-10-11-21-42(36)54(44)58(51(46)34-50(45)57)40-19-8-3-9-20-40/h1-34H. The normalized spacial score (nSPS) is 11.8. The van der Waals surface area contributed by atoms with Crippen LogP contribution >= 0.6 is 0 Å². The Balaban J connectivity index is 1.02. The van der Waals surface area contributed by atoms with E-state index in [0.29, 0.717) is 0 Å². The Morgan fingerprint density at radius 3 is 1.60 bits per heavy atom. The number of hydrogen-bond acceptors (Lipinski definition) is 2. The summed E-state index contributed by atoms with van der Waals surface area (Å²) in [6, 6.07) is 73.7. The van der Waals surface area contributed by atoms with Crippen LogP contribution in [0.4, 0.5) is 0 Å². The first-order chi connectivity index (χ1) is 28.8. The molecule has 58 heavy (non-hydrogen) atoms. The molecule has 0 unspecified atom stereocenters. The molecule has 3 aromatic heterocycles. The molecule has 0 bridgehead atoms. The van der Waals surface area contributed by atoms with Gasteiger partial charge in [0.1, 0.15) is 0 Å². The molecule has 0 N–H and O–H groups in total. The van der Waals surface area contributed by atoms with Crippen molar-refractivity contribution in [2.45, 2.75) is 0 Å². The summed E-state index contributed by atoms with van der Waals surface area (Å²) in [7, 11) is 0. The molecule has 0 spiro atoms. The van der Waals surface area contributed by atoms with E-state index in [4.69, 9.17) is 9.97 Å². The van der Waals surface area contributed by atoms with Gasteiger partial charge < -0.3 is 9.13 Å². The van der Waals surface area contributed by atoms with Crippen LogP contribution in [0.15, 0.2) is 206 Å². The van der Waals surface area contributed by atoms with Crippen LogP contribution in [0.3, 0.4) is 0 Å². The number of rotatable bonds is 5. The summed E-state index contributed by atoms with van der Waals surface area (Å²) in [5, 5.41) is 7.47. The van der Waals surface area contributed by atoms with Crippen molar-refractivity contribution in [3.05, 3.63) is 206 Å². The Labute approximate surface area is 334 Å². The zero-order valence-electron chi connectivity index (χ0n) is 31.4. The van der Waals surface area contributed by atoms with Gasteiger partial charge in [0.25, 0.3) is 0 Å². The zero-order valence-corrected chi connectivity index (χ0v) is 31.4. The van der Waals surface area contributed by atoms with Gasteiger partial charge in [-0.05, 0) is 71.1 Å². The Morgan fingerprint density at radius 1 is 0.293 bits per heavy atom. The first-order valence-electron chi connectivity index (χ1n) is 19.7. The van der Waals surface area contributed by atoms with E-state index in [1.165, 1.54) is 54.4 Å². The third-order valence-electron chi connectivity index (χ3n) is 11.7. The van der Waals surface area contributed by atoms with Gasteiger partial charge in [-0.3, -0.25) is 0 Å². The van der Waals surface area contributed by atoms with Gasteiger partial charge in [0.2, 0.25) is 0 Å². The molecule has 0 aliphatic heterocycles. The molecule has 270 valence electrons. The van der Waals surface area contributed by atoms with Crippen LogP contribution in [0.5, 0.6) is 0 Å². The van der Waals surface area contributed by atoms with Gasteiger partial charge in [-0.2, -0.15) is 0 Å². The molecule has 4 nitrogen and oxygen atoms in total. The molecule has 0 amide bonds. The van der Waals surface area contributed by atoms with Crippen LogP contribution in [0.2, 0.25) is 0 Å². The van der Waals surface area contributed by atoms with Crippen molar-refractivity contribution in [1.82, 2.24) is 19.1 Å². The third-order valence-corrected chi connectivity index (χ3v) is 11.7. The number of nitrogens with zero attached hydrogens (tertiary/aromatic N) is 4. The molecule has 4 heteroatoms. The molecule has 0 aliphatic rings. The van der Waals surface area contributed by atoms with Crippen LogP contribution in [0, 0.1) is 0 Å². The molecule has 12 rings (SSSR count). The predicted octanol–water partition coefficient (Wildman–Crippen LogP) is 14.0. The summed E-state index contributed by atoms with van der Waals surface area (Å²) in [6.45, 7) is 0. The number of aromatic nitrogens is 4. The first kappa shape index (κ1) is 32.4. The van der Waals surface area contributed by atoms with Crippen LogP contribution in [-0.4, -0.2) is 19.1 Å². The van der Waals surface area contributed by atoms with E-state index in [0.717, 1.165) is 56.0 Å². The minimum absolute atomic E-state index is 0.869. The summed E-state index contributed by atoms with van der Waals surface area (Å²) in [5.41, 5.74) is 14.9. The summed E-state index contributed by atoms with van der Waals surface area (Å²) in [5.74, 6) is 0. The topological polar surface area (TPSA) is 35.6 Å². The largest absolute Gasteiger partial charge is 0.309 e. The monoisotopic (exact) mass is 738 g/mol. The fourth-order valence-corrected chi connectivity index (χ4v) is 8.99. The number of para-hydroxylation sites is 2. The maximum absolute atomic E-state index is 5.25. The van der Waals surface area contributed by atoms with Crippen LogP contribution in [0.1, 0.15) is 0 Å². The highest BCUT2D eigenvalue weighted by molar-refractivity contribution is 6.23. The SMILES string of the molecule is c1ccc(-c2nc3ccc(-c4ccc(-n5c6ccccc6c6cc7c8ccc9ccccc9c8n(-c8ccccc8)c7cc65)cc4)cc3nc2-c2ccccc2)cc1. The minimum Gasteiger partial charge on any atom is -0.309 e. The van der Waals surface area contributed by atoms with E-state index in [1.54, 1.807) is 0 Å². The van der Waals surface area contributed by atoms with Crippen molar-refractivity contribution in [2.75, 3.05) is 0 Å². The van der Waals surface area contributed by atoms with Crippen molar-refractivity contribution in [2.24, 2.45) is 0 Å². The third kappa shape index (κ3) is 5.02. The number of hydrogen-bond donors (Lipinski definition) is 0. The molecule has 9 aromatic carbocycles. The summed E-state index contributed by atoms with van der Waals surface area (Å²) >= 11 is 0. The van der Waals surface area contributed by atoms with E-state index in [9.17, 15) is 0 Å². The molecular formula is C54H34N4. The molecule has 0 aliphatic carbocycles. The Bertz CT molecular complexity index is 3530. The lowest BCUT2D eigenvalue weighted by atomic mass is 10.0. The predicted molar refractivity (Wildman–Crippen MR) is 242 cm³/mol. The van der Waals surface area contributed by atoms with Gasteiger partial charge >= 0.3 is 0 Å². The van der Waals surface area contributed by atoms with Crippen molar-refractivity contribution in [3.8, 4) is 45.0 Å². The van der Waals surface area contributed by atoms with Crippen LogP contribution in [-0.2, 0) is 0 Å². The molecule has 0 atom stereocenters. The highest BCUT2D eigenvalue weighted by Crippen LogP contribution is 2.42. The highest BCUT2D eigenvalue weighted by Gasteiger charge is 2.20. The van der Waals surface area contributed by atoms with Crippen molar-refractivity contribution in [1.29, 1.82) is 0 Å². The van der Waals surface area contributed by atoms with Crippen molar-refractivity contribution >= 4 is 65.4 Å². The summed E-state index contributed by atoms with van der Waals surface area (Å²) in [6.07, 6.45) is 0. The highest BCUT2D eigenvalue weighted by atomic mass is 15.0. The number of benzene rings is 9. The average molecular weight is 739 g/mol. The van der Waals surface area contributed by atoms with E-state index >= 15 is 0 Å². The molecule has 0 saturated heterocycles. The maximum Gasteiger partial charge on any atom is 0.0973 e. The average Bonchev–Trinajstić information content (AvgIpc) is 3.80. The quantitative estimate of drug-likeness (QED) is 0.176. The van der Waals surface area contributed by atoms with Gasteiger partial charge in [0, 0.05) is 49.4 Å². The maximum atomic E-state index is 5.25. The van der Waals surface area contributed by atoms with E-state index < -0.39 is 0 Å². The van der Waals surface area contributed by atoms with Gasteiger partial charge in [-0.25, -0.2) is 9.97 Å². The van der Waals surface area contributed by atoms with Gasteiger partial charge in [0.05, 0.1) is 44.5 Å². The van der Waals surface area contributed by atoms with Gasteiger partial charge in [-0.15, -0.1) is 0 Å². The smallest absolute Gasteiger partial charge is 0.0973 e. The molecule has 0 saturated carbocycles. The summed E-state index contributed by atoms with van der Waals surface area (Å²) < 4.78 is 4.87. The fourth-order valence-electron chi connectivity index (χ4n) is 8.99. The van der Waals surface area contributed by atoms with E-state index in [1.807, 2.05) is 12.1 Å². The van der Waals surface area contributed by atoms with Gasteiger partial charge in [-0.1, -0.05) is 152 Å². The minimum atomic E-state index is 0.869. The van der Waals surface area contributed by atoms with Crippen molar-refractivity contribution in [3.63, 3.8) is 0 Å². The van der Waals surface area contributed by atoms with E-state index in [2.05, 4.69) is 203 Å². The Hall–Kier alpha value is -7.82. The second kappa shape index (κ2) is 12.9. The van der Waals surface area contributed by atoms with Crippen molar-refractivity contribution < 1.29 is 0 Å². The van der Waals surface area contributed by atoms with Gasteiger partial charge in [0.15, 0.2) is 0 Å². The Morgan fingerprint density at radius 2 is 0.862 bits per heavy atom. The molecular weight excluding hydrogens is 705 g/mol. The lowest BCUT2D eigenvalue weighted by molar-refractivity contribution is 1.17. The second-order valence-corrected chi connectivity index (χ2v) is 15.0.